The van der Waals surface area contributed by atoms with Gasteiger partial charge in [0.1, 0.15) is 5.75 Å². The van der Waals surface area contributed by atoms with Crippen molar-refractivity contribution in [2.45, 2.75) is 32.2 Å². The first-order valence-electron chi connectivity index (χ1n) is 10.2. The van der Waals surface area contributed by atoms with Crippen LogP contribution in [-0.4, -0.2) is 48.8 Å². The number of aromatic nitrogens is 2. The zero-order valence-corrected chi connectivity index (χ0v) is 18.5. The number of H-pyrrole nitrogens is 1. The van der Waals surface area contributed by atoms with Gasteiger partial charge in [-0.2, -0.15) is 0 Å². The fourth-order valence-corrected chi connectivity index (χ4v) is 4.21. The molecule has 1 fully saturated rings. The highest BCUT2D eigenvalue weighted by Crippen LogP contribution is 2.34. The van der Waals surface area contributed by atoms with Gasteiger partial charge in [-0.1, -0.05) is 15.9 Å². The molecule has 0 radical (unpaired) electrons. The summed E-state index contributed by atoms with van der Waals surface area (Å²) in [5.41, 5.74) is 2.00. The summed E-state index contributed by atoms with van der Waals surface area (Å²) in [5, 5.41) is 3.08. The van der Waals surface area contributed by atoms with Gasteiger partial charge in [-0.05, 0) is 31.5 Å². The summed E-state index contributed by atoms with van der Waals surface area (Å²) < 4.78 is 12.0. The molecule has 0 aliphatic carbocycles. The molecule has 2 aromatic rings. The lowest BCUT2D eigenvalue weighted by molar-refractivity contribution is -0.122. The molecule has 2 N–H and O–H groups in total. The monoisotopic (exact) mass is 476 g/mol. The second kappa shape index (κ2) is 9.18. The van der Waals surface area contributed by atoms with Crippen LogP contribution in [0.15, 0.2) is 27.5 Å². The Hall–Kier alpha value is -2.39. The second-order valence-corrected chi connectivity index (χ2v) is 8.41. The summed E-state index contributed by atoms with van der Waals surface area (Å²) in [6, 6.07) is 5.70. The maximum absolute atomic E-state index is 12.6. The first-order valence-corrected chi connectivity index (χ1v) is 10.9. The van der Waals surface area contributed by atoms with Crippen molar-refractivity contribution >= 4 is 27.8 Å². The van der Waals surface area contributed by atoms with Crippen molar-refractivity contribution < 1.29 is 14.3 Å². The number of halogens is 1. The van der Waals surface area contributed by atoms with Gasteiger partial charge in [0.25, 0.3) is 5.56 Å². The van der Waals surface area contributed by atoms with E-state index in [2.05, 4.69) is 31.2 Å². The Morgan fingerprint density at radius 2 is 2.13 bits per heavy atom. The molecule has 1 atom stereocenters. The number of rotatable bonds is 5. The molecule has 1 aromatic heterocycles. The first kappa shape index (κ1) is 20.9. The van der Waals surface area contributed by atoms with Crippen LogP contribution in [0.5, 0.6) is 5.75 Å². The second-order valence-electron chi connectivity index (χ2n) is 7.49. The fraction of sp³-hybridized carbons (Fsp3) is 0.476. The summed E-state index contributed by atoms with van der Waals surface area (Å²) in [6.45, 7) is 5.02. The van der Waals surface area contributed by atoms with Crippen molar-refractivity contribution in [1.29, 1.82) is 0 Å². The molecule has 2 aliphatic rings. The number of carbonyl (C=O) groups excluding carboxylic acids is 1. The van der Waals surface area contributed by atoms with Crippen molar-refractivity contribution in [3.63, 3.8) is 0 Å². The van der Waals surface area contributed by atoms with Crippen LogP contribution in [0, 0.1) is 6.92 Å². The number of amides is 1. The van der Waals surface area contributed by atoms with Gasteiger partial charge in [-0.25, -0.2) is 4.98 Å². The van der Waals surface area contributed by atoms with Crippen LogP contribution in [0.25, 0.3) is 0 Å². The summed E-state index contributed by atoms with van der Waals surface area (Å²) in [4.78, 5) is 34.6. The number of nitrogens with zero attached hydrogens (tertiary/aromatic N) is 2. The predicted octanol–water partition coefficient (Wildman–Crippen LogP) is 2.25. The third-order valence-electron chi connectivity index (χ3n) is 5.47. The lowest BCUT2D eigenvalue weighted by atomic mass is 10.00. The molecule has 0 spiro atoms. The number of ether oxygens (including phenoxy) is 2. The summed E-state index contributed by atoms with van der Waals surface area (Å²) in [5.74, 6) is 1.27. The molecule has 0 saturated carbocycles. The van der Waals surface area contributed by atoms with Crippen molar-refractivity contribution in [1.82, 2.24) is 15.3 Å². The maximum atomic E-state index is 12.6. The Morgan fingerprint density at radius 3 is 2.90 bits per heavy atom. The zero-order chi connectivity index (χ0) is 21.1. The Kier molecular flexibility index (Phi) is 6.38. The lowest BCUT2D eigenvalue weighted by Crippen LogP contribution is -2.38. The van der Waals surface area contributed by atoms with Gasteiger partial charge >= 0.3 is 0 Å². The van der Waals surface area contributed by atoms with E-state index in [1.165, 1.54) is 0 Å². The zero-order valence-electron chi connectivity index (χ0n) is 16.9. The topological polar surface area (TPSA) is 96.6 Å². The molecule has 1 aromatic carbocycles. The summed E-state index contributed by atoms with van der Waals surface area (Å²) in [6.07, 6.45) is 1.28. The Bertz CT molecular complexity index is 987. The van der Waals surface area contributed by atoms with Crippen LogP contribution in [0.1, 0.15) is 35.7 Å². The Balaban J connectivity index is 1.40. The molecule has 1 amide bonds. The number of fused-ring (bicyclic) bond motifs is 1. The van der Waals surface area contributed by atoms with E-state index in [-0.39, 0.29) is 23.9 Å². The average molecular weight is 477 g/mol. The van der Waals surface area contributed by atoms with E-state index in [4.69, 9.17) is 9.47 Å². The average Bonchev–Trinajstić information content (AvgIpc) is 2.74. The van der Waals surface area contributed by atoms with Crippen LogP contribution in [0.4, 0.5) is 5.95 Å². The Labute approximate surface area is 183 Å². The number of carbonyl (C=O) groups is 1. The van der Waals surface area contributed by atoms with E-state index in [0.29, 0.717) is 63.0 Å². The minimum Gasteiger partial charge on any atom is -0.493 e. The molecule has 160 valence electrons. The number of hydrogen-bond acceptors (Lipinski definition) is 6. The number of nitrogens with one attached hydrogen (secondary N) is 2. The molecule has 2 aliphatic heterocycles. The molecule has 4 rings (SSSR count). The molecule has 30 heavy (non-hydrogen) atoms. The molecular weight excluding hydrogens is 452 g/mol. The Morgan fingerprint density at radius 1 is 1.33 bits per heavy atom. The van der Waals surface area contributed by atoms with Crippen LogP contribution in [0.2, 0.25) is 0 Å². The van der Waals surface area contributed by atoms with Gasteiger partial charge in [-0.3, -0.25) is 14.6 Å². The van der Waals surface area contributed by atoms with E-state index in [9.17, 15) is 9.59 Å². The van der Waals surface area contributed by atoms with Crippen molar-refractivity contribution in [2.75, 3.05) is 37.8 Å². The standard InChI is InChI=1S/C21H25BrN4O4/c1-13-15(20(28)25-21(23-13)26-7-10-29-11-8-26)3-5-19(27)24-17-6-9-30-18-4-2-14(22)12-16(17)18/h2,4,12,17H,3,5-11H2,1H3,(H,24,27)(H,23,25,28). The van der Waals surface area contributed by atoms with Gasteiger partial charge in [0.05, 0.1) is 25.9 Å². The van der Waals surface area contributed by atoms with E-state index >= 15 is 0 Å². The quantitative estimate of drug-likeness (QED) is 0.686. The molecule has 9 heteroatoms. The van der Waals surface area contributed by atoms with E-state index < -0.39 is 0 Å². The smallest absolute Gasteiger partial charge is 0.255 e. The third-order valence-corrected chi connectivity index (χ3v) is 5.96. The van der Waals surface area contributed by atoms with Gasteiger partial charge in [0.2, 0.25) is 11.9 Å². The van der Waals surface area contributed by atoms with Gasteiger partial charge in [0, 0.05) is 47.2 Å². The lowest BCUT2D eigenvalue weighted by Gasteiger charge is -2.27. The van der Waals surface area contributed by atoms with Crippen LogP contribution < -0.4 is 20.5 Å². The number of morpholine rings is 1. The van der Waals surface area contributed by atoms with E-state index in [1.807, 2.05) is 30.0 Å². The summed E-state index contributed by atoms with van der Waals surface area (Å²) in [7, 11) is 0. The predicted molar refractivity (Wildman–Crippen MR) is 116 cm³/mol. The van der Waals surface area contributed by atoms with E-state index in [0.717, 1.165) is 15.8 Å². The number of hydrogen-bond donors (Lipinski definition) is 2. The minimum absolute atomic E-state index is 0.0936. The number of aryl methyl sites for hydroxylation is 1. The SMILES string of the molecule is Cc1nc(N2CCOCC2)[nH]c(=O)c1CCC(=O)NC1CCOc2ccc(Br)cc21. The number of benzene rings is 1. The first-order chi connectivity index (χ1) is 14.5. The normalized spacial score (nSPS) is 18.5. The number of anilines is 1. The minimum atomic E-state index is -0.183. The fourth-order valence-electron chi connectivity index (χ4n) is 3.84. The van der Waals surface area contributed by atoms with Crippen LogP contribution >= 0.6 is 15.9 Å². The highest BCUT2D eigenvalue weighted by Gasteiger charge is 2.24. The largest absolute Gasteiger partial charge is 0.493 e. The molecule has 8 nitrogen and oxygen atoms in total. The number of aromatic amines is 1. The molecule has 1 unspecified atom stereocenters. The van der Waals surface area contributed by atoms with Gasteiger partial charge in [-0.15, -0.1) is 0 Å². The summed E-state index contributed by atoms with van der Waals surface area (Å²) >= 11 is 3.47. The van der Waals surface area contributed by atoms with Crippen LogP contribution in [0.3, 0.4) is 0 Å². The highest BCUT2D eigenvalue weighted by atomic mass is 79.9. The molecule has 0 bridgehead atoms. The van der Waals surface area contributed by atoms with Gasteiger partial charge in [0.15, 0.2) is 0 Å². The van der Waals surface area contributed by atoms with E-state index in [1.54, 1.807) is 0 Å². The molecule has 3 heterocycles. The van der Waals surface area contributed by atoms with Crippen molar-refractivity contribution in [3.05, 3.63) is 49.8 Å². The molecule has 1 saturated heterocycles. The highest BCUT2D eigenvalue weighted by molar-refractivity contribution is 9.10. The van der Waals surface area contributed by atoms with Crippen molar-refractivity contribution in [3.8, 4) is 5.75 Å². The maximum Gasteiger partial charge on any atom is 0.255 e. The van der Waals surface area contributed by atoms with Gasteiger partial charge < -0.3 is 19.7 Å². The van der Waals surface area contributed by atoms with Crippen molar-refractivity contribution in [2.24, 2.45) is 0 Å². The third kappa shape index (κ3) is 4.67. The molecular formula is C21H25BrN4O4. The van der Waals surface area contributed by atoms with Crippen LogP contribution in [-0.2, 0) is 16.0 Å².